The Hall–Kier alpha value is -3.63. The van der Waals surface area contributed by atoms with Gasteiger partial charge >= 0.3 is 196 Å². The van der Waals surface area contributed by atoms with Crippen molar-refractivity contribution in [1.82, 2.24) is 4.98 Å². The van der Waals surface area contributed by atoms with Crippen LogP contribution in [-0.4, -0.2) is 39.2 Å². The van der Waals surface area contributed by atoms with Crippen molar-refractivity contribution >= 4 is 45.7 Å². The number of rotatable bonds is 7. The number of benzene rings is 3. The molecule has 0 saturated heterocycles. The zero-order chi connectivity index (χ0) is 23.3. The number of sulfonamides is 1. The van der Waals surface area contributed by atoms with Crippen LogP contribution in [0.2, 0.25) is 0 Å². The van der Waals surface area contributed by atoms with Crippen LogP contribution in [0.4, 0.5) is 14.9 Å². The van der Waals surface area contributed by atoms with E-state index in [1.807, 2.05) is 30.3 Å². The summed E-state index contributed by atoms with van der Waals surface area (Å²) in [6, 6.07) is 22.3. The molecular weight excluding hydrogens is 507 g/mol. The SMILES string of the molecule is NS(=O)(=O)c1ccc(N=Nc2[se]c(NN=Cc3ccccc3O)nc2-c2ccccc2)cc1. The Balaban J connectivity index is 1.60. The monoisotopic (exact) mass is 526 g/mol. The Morgan fingerprint density at radius 3 is 2.33 bits per heavy atom. The molecule has 0 aliphatic carbocycles. The molecule has 0 saturated carbocycles. The van der Waals surface area contributed by atoms with Gasteiger partial charge < -0.3 is 0 Å². The van der Waals surface area contributed by atoms with Gasteiger partial charge in [-0.25, -0.2) is 0 Å². The molecule has 0 aliphatic heterocycles. The number of nitrogens with zero attached hydrogens (tertiary/aromatic N) is 4. The first-order valence-corrected chi connectivity index (χ1v) is 12.8. The number of nitrogens with one attached hydrogen (secondary N) is 1. The molecule has 33 heavy (non-hydrogen) atoms. The topological polar surface area (TPSA) is 142 Å². The third-order valence-corrected chi connectivity index (χ3v) is 7.08. The van der Waals surface area contributed by atoms with E-state index < -0.39 is 10.0 Å². The van der Waals surface area contributed by atoms with Crippen molar-refractivity contribution in [3.05, 3.63) is 84.4 Å². The fourth-order valence-corrected chi connectivity index (χ4v) is 4.88. The van der Waals surface area contributed by atoms with Gasteiger partial charge in [0.05, 0.1) is 0 Å². The van der Waals surface area contributed by atoms with Gasteiger partial charge in [0.25, 0.3) is 0 Å². The molecule has 4 aromatic rings. The van der Waals surface area contributed by atoms with Crippen molar-refractivity contribution in [3.8, 4) is 17.0 Å². The Bertz CT molecular complexity index is 1420. The first-order chi connectivity index (χ1) is 15.9. The van der Waals surface area contributed by atoms with Crippen molar-refractivity contribution in [3.63, 3.8) is 0 Å². The Morgan fingerprint density at radius 1 is 0.939 bits per heavy atom. The van der Waals surface area contributed by atoms with E-state index in [4.69, 9.17) is 5.14 Å². The summed E-state index contributed by atoms with van der Waals surface area (Å²) in [6.07, 6.45) is 1.52. The quantitative estimate of drug-likeness (QED) is 0.145. The second-order valence-corrected chi connectivity index (χ2v) is 10.3. The second-order valence-electron chi connectivity index (χ2n) is 6.71. The molecule has 0 amide bonds. The summed E-state index contributed by atoms with van der Waals surface area (Å²) in [5.74, 6) is 0.132. The number of phenolic OH excluding ortho intramolecular Hbond substituents is 1. The molecule has 0 spiro atoms. The van der Waals surface area contributed by atoms with Crippen LogP contribution in [0.1, 0.15) is 5.56 Å². The van der Waals surface area contributed by atoms with Crippen molar-refractivity contribution in [1.29, 1.82) is 0 Å². The van der Waals surface area contributed by atoms with Crippen molar-refractivity contribution in [2.45, 2.75) is 4.90 Å². The molecule has 166 valence electrons. The van der Waals surface area contributed by atoms with E-state index in [1.165, 1.54) is 30.5 Å². The van der Waals surface area contributed by atoms with Crippen LogP contribution < -0.4 is 10.6 Å². The van der Waals surface area contributed by atoms with Crippen molar-refractivity contribution in [2.24, 2.45) is 20.5 Å². The molecule has 0 bridgehead atoms. The number of primary sulfonamides is 1. The summed E-state index contributed by atoms with van der Waals surface area (Å²) in [5, 5.41) is 27.8. The maximum atomic E-state index is 11.4. The standard InChI is InChI=1S/C22H18N6O3SSe/c23-32(30,31)18-12-10-17(11-13-18)26-27-21-20(15-6-2-1-3-7-15)25-22(33-21)28-24-14-16-8-4-5-9-19(16)29/h1-14,29H,(H,25,28)(H2,23,30,31). The number of para-hydroxylation sites is 1. The van der Waals surface area contributed by atoms with Gasteiger partial charge in [0.2, 0.25) is 0 Å². The molecule has 4 rings (SSSR count). The van der Waals surface area contributed by atoms with Crippen LogP contribution in [0.3, 0.4) is 0 Å². The molecular formula is C22H18N6O3SSe. The Kier molecular flexibility index (Phi) is 6.76. The molecule has 0 atom stereocenters. The van der Waals surface area contributed by atoms with E-state index in [9.17, 15) is 13.5 Å². The summed E-state index contributed by atoms with van der Waals surface area (Å²) in [7, 11) is -3.77. The number of aromatic nitrogens is 1. The maximum absolute atomic E-state index is 11.4. The number of hydrogen-bond donors (Lipinski definition) is 3. The van der Waals surface area contributed by atoms with Crippen LogP contribution in [0.25, 0.3) is 11.3 Å². The van der Waals surface area contributed by atoms with Crippen LogP contribution in [0, 0.1) is 0 Å². The zero-order valence-electron chi connectivity index (χ0n) is 17.0. The minimum absolute atomic E-state index is 0.00728. The average molecular weight is 525 g/mol. The molecule has 0 fully saturated rings. The Labute approximate surface area is 196 Å². The van der Waals surface area contributed by atoms with E-state index in [1.54, 1.807) is 24.3 Å². The summed E-state index contributed by atoms with van der Waals surface area (Å²) >= 11 is -0.300. The zero-order valence-corrected chi connectivity index (χ0v) is 19.6. The summed E-state index contributed by atoms with van der Waals surface area (Å²) in [5.41, 5.74) is 5.55. The average Bonchev–Trinajstić information content (AvgIpc) is 3.22. The van der Waals surface area contributed by atoms with Crippen molar-refractivity contribution < 1.29 is 13.5 Å². The predicted molar refractivity (Wildman–Crippen MR) is 128 cm³/mol. The number of hydrogen-bond acceptors (Lipinski definition) is 8. The van der Waals surface area contributed by atoms with Gasteiger partial charge in [-0.2, -0.15) is 0 Å². The van der Waals surface area contributed by atoms with E-state index in [0.29, 0.717) is 26.2 Å². The third-order valence-electron chi connectivity index (χ3n) is 4.38. The normalized spacial score (nSPS) is 11.9. The van der Waals surface area contributed by atoms with E-state index in [0.717, 1.165) is 5.56 Å². The predicted octanol–water partition coefficient (Wildman–Crippen LogP) is 4.02. The van der Waals surface area contributed by atoms with Gasteiger partial charge in [-0.3, -0.25) is 0 Å². The van der Waals surface area contributed by atoms with Gasteiger partial charge in [-0.05, 0) is 0 Å². The third kappa shape index (κ3) is 5.79. The van der Waals surface area contributed by atoms with Gasteiger partial charge in [0.1, 0.15) is 0 Å². The van der Waals surface area contributed by atoms with Gasteiger partial charge in [0, 0.05) is 0 Å². The van der Waals surface area contributed by atoms with Gasteiger partial charge in [-0.15, -0.1) is 0 Å². The van der Waals surface area contributed by atoms with Crippen LogP contribution in [0.15, 0.2) is 99.1 Å². The molecule has 11 heteroatoms. The summed E-state index contributed by atoms with van der Waals surface area (Å²) in [6.45, 7) is 0. The number of anilines is 1. The van der Waals surface area contributed by atoms with Crippen LogP contribution in [-0.2, 0) is 10.0 Å². The number of phenols is 1. The Morgan fingerprint density at radius 2 is 1.64 bits per heavy atom. The first-order valence-electron chi connectivity index (χ1n) is 9.58. The summed E-state index contributed by atoms with van der Waals surface area (Å²) in [4.78, 5) is 4.65. The summed E-state index contributed by atoms with van der Waals surface area (Å²) < 4.78 is 24.1. The van der Waals surface area contributed by atoms with Crippen LogP contribution in [0.5, 0.6) is 5.75 Å². The molecule has 0 aliphatic rings. The molecule has 0 unspecified atom stereocenters. The number of hydrazone groups is 1. The number of nitrogens with two attached hydrogens (primary N) is 1. The van der Waals surface area contributed by atoms with E-state index in [2.05, 4.69) is 25.7 Å². The molecule has 3 aromatic carbocycles. The second kappa shape index (κ2) is 9.88. The molecule has 1 heterocycles. The van der Waals surface area contributed by atoms with E-state index >= 15 is 0 Å². The van der Waals surface area contributed by atoms with Crippen molar-refractivity contribution in [2.75, 3.05) is 5.43 Å². The van der Waals surface area contributed by atoms with Gasteiger partial charge in [-0.1, -0.05) is 0 Å². The van der Waals surface area contributed by atoms with Gasteiger partial charge in [0.15, 0.2) is 0 Å². The first kappa shape index (κ1) is 22.6. The fourth-order valence-electron chi connectivity index (χ4n) is 2.77. The number of azo groups is 1. The molecule has 9 nitrogen and oxygen atoms in total. The molecule has 1 aromatic heterocycles. The minimum atomic E-state index is -3.77. The fraction of sp³-hybridized carbons (Fsp3) is 0. The molecule has 4 N–H and O–H groups in total. The number of aromatic hydroxyl groups is 1. The van der Waals surface area contributed by atoms with Crippen LogP contribution >= 0.6 is 0 Å². The van der Waals surface area contributed by atoms with E-state index in [-0.39, 0.29) is 25.1 Å². The molecule has 0 radical (unpaired) electrons.